The van der Waals surface area contributed by atoms with Gasteiger partial charge in [-0.25, -0.2) is 4.39 Å². The van der Waals surface area contributed by atoms with Crippen molar-refractivity contribution >= 4 is 5.91 Å². The molecule has 7 heteroatoms. The summed E-state index contributed by atoms with van der Waals surface area (Å²) in [6.45, 7) is 6.26. The Kier molecular flexibility index (Phi) is 7.16. The molecule has 2 rings (SSSR count). The highest BCUT2D eigenvalue weighted by atomic mass is 19.1. The van der Waals surface area contributed by atoms with Crippen LogP contribution in [0.3, 0.4) is 0 Å². The number of nitriles is 1. The summed E-state index contributed by atoms with van der Waals surface area (Å²) in [5.41, 5.74) is 5.69. The number of nitrogens with zero attached hydrogens (tertiary/aromatic N) is 3. The van der Waals surface area contributed by atoms with Crippen LogP contribution >= 0.6 is 0 Å². The molecular formula is C18H25FN4O2. The van der Waals surface area contributed by atoms with Crippen LogP contribution in [0.5, 0.6) is 5.75 Å². The molecule has 1 saturated heterocycles. The molecule has 0 saturated carbocycles. The van der Waals surface area contributed by atoms with Crippen molar-refractivity contribution in [2.45, 2.75) is 25.8 Å². The number of benzene rings is 1. The average Bonchev–Trinajstić information content (AvgIpc) is 2.83. The number of amides is 1. The maximum Gasteiger partial charge on any atom is 0.239 e. The Morgan fingerprint density at radius 1 is 1.40 bits per heavy atom. The SMILES string of the molecule is C[C@@H](N)C(=O)N1CCCN(CCCOc2ccc(C#N)c(F)c2)CC1. The predicted molar refractivity (Wildman–Crippen MR) is 92.5 cm³/mol. The van der Waals surface area contributed by atoms with Crippen LogP contribution in [0.1, 0.15) is 25.3 Å². The fraction of sp³-hybridized carbons (Fsp3) is 0.556. The Morgan fingerprint density at radius 3 is 2.88 bits per heavy atom. The van der Waals surface area contributed by atoms with Crippen molar-refractivity contribution < 1.29 is 13.9 Å². The van der Waals surface area contributed by atoms with E-state index >= 15 is 0 Å². The minimum Gasteiger partial charge on any atom is -0.493 e. The highest BCUT2D eigenvalue weighted by molar-refractivity contribution is 5.81. The lowest BCUT2D eigenvalue weighted by Crippen LogP contribution is -2.43. The molecular weight excluding hydrogens is 323 g/mol. The highest BCUT2D eigenvalue weighted by Crippen LogP contribution is 2.16. The van der Waals surface area contributed by atoms with Gasteiger partial charge in [0, 0.05) is 32.2 Å². The highest BCUT2D eigenvalue weighted by Gasteiger charge is 2.20. The number of carbonyl (C=O) groups is 1. The first-order valence-electron chi connectivity index (χ1n) is 8.60. The fourth-order valence-electron chi connectivity index (χ4n) is 2.86. The normalized spacial score (nSPS) is 16.8. The summed E-state index contributed by atoms with van der Waals surface area (Å²) >= 11 is 0. The van der Waals surface area contributed by atoms with Crippen LogP contribution in [0.25, 0.3) is 0 Å². The fourth-order valence-corrected chi connectivity index (χ4v) is 2.86. The molecule has 1 heterocycles. The standard InChI is InChI=1S/C18H25FN4O2/c1-14(21)18(24)23-8-2-6-22(9-10-23)7-3-11-25-16-5-4-15(13-20)17(19)12-16/h4-5,12,14H,2-3,6-11,21H2,1H3/t14-/m1/s1. The van der Waals surface area contributed by atoms with Crippen molar-refractivity contribution in [2.75, 3.05) is 39.3 Å². The van der Waals surface area contributed by atoms with Crippen LogP contribution in [-0.4, -0.2) is 61.1 Å². The maximum absolute atomic E-state index is 13.5. The van der Waals surface area contributed by atoms with E-state index in [1.54, 1.807) is 19.1 Å². The first kappa shape index (κ1) is 19.2. The second-order valence-corrected chi connectivity index (χ2v) is 6.26. The molecule has 0 radical (unpaired) electrons. The van der Waals surface area contributed by atoms with Gasteiger partial charge in [0.15, 0.2) is 0 Å². The molecule has 1 aliphatic rings. The summed E-state index contributed by atoms with van der Waals surface area (Å²) in [6.07, 6.45) is 1.74. The molecule has 1 aromatic rings. The average molecular weight is 348 g/mol. The van der Waals surface area contributed by atoms with Crippen molar-refractivity contribution in [2.24, 2.45) is 5.73 Å². The zero-order valence-corrected chi connectivity index (χ0v) is 14.6. The number of carbonyl (C=O) groups excluding carboxylic acids is 1. The second-order valence-electron chi connectivity index (χ2n) is 6.26. The Morgan fingerprint density at radius 2 is 2.20 bits per heavy atom. The van der Waals surface area contributed by atoms with Gasteiger partial charge in [0.05, 0.1) is 18.2 Å². The van der Waals surface area contributed by atoms with Gasteiger partial charge in [-0.2, -0.15) is 5.26 Å². The Hall–Kier alpha value is -2.17. The van der Waals surface area contributed by atoms with Crippen LogP contribution in [0.2, 0.25) is 0 Å². The summed E-state index contributed by atoms with van der Waals surface area (Å²) < 4.78 is 19.0. The summed E-state index contributed by atoms with van der Waals surface area (Å²) in [5, 5.41) is 8.71. The molecule has 0 aromatic heterocycles. The smallest absolute Gasteiger partial charge is 0.239 e. The van der Waals surface area contributed by atoms with Gasteiger partial charge in [-0.1, -0.05) is 0 Å². The topological polar surface area (TPSA) is 82.6 Å². The van der Waals surface area contributed by atoms with Gasteiger partial charge in [-0.15, -0.1) is 0 Å². The molecule has 1 aliphatic heterocycles. The number of rotatable bonds is 6. The Balaban J connectivity index is 1.71. The minimum absolute atomic E-state index is 0.00743. The molecule has 0 bridgehead atoms. The maximum atomic E-state index is 13.5. The summed E-state index contributed by atoms with van der Waals surface area (Å²) in [6, 6.07) is 5.59. The van der Waals surface area contributed by atoms with E-state index in [4.69, 9.17) is 15.7 Å². The second kappa shape index (κ2) is 9.35. The van der Waals surface area contributed by atoms with E-state index in [1.807, 2.05) is 4.90 Å². The lowest BCUT2D eigenvalue weighted by Gasteiger charge is -2.23. The third-order valence-corrected chi connectivity index (χ3v) is 4.24. The Bertz CT molecular complexity index is 630. The summed E-state index contributed by atoms with van der Waals surface area (Å²) in [5.74, 6) is -0.125. The molecule has 0 aliphatic carbocycles. The largest absolute Gasteiger partial charge is 0.493 e. The van der Waals surface area contributed by atoms with E-state index in [1.165, 1.54) is 12.1 Å². The van der Waals surface area contributed by atoms with Crippen molar-refractivity contribution in [3.8, 4) is 11.8 Å². The number of ether oxygens (including phenoxy) is 1. The molecule has 1 amide bonds. The van der Waals surface area contributed by atoms with Gasteiger partial charge in [-0.05, 0) is 38.4 Å². The van der Waals surface area contributed by atoms with Gasteiger partial charge in [0.1, 0.15) is 17.6 Å². The molecule has 6 nitrogen and oxygen atoms in total. The van der Waals surface area contributed by atoms with Crippen molar-refractivity contribution in [1.29, 1.82) is 5.26 Å². The van der Waals surface area contributed by atoms with E-state index in [-0.39, 0.29) is 11.5 Å². The van der Waals surface area contributed by atoms with E-state index < -0.39 is 11.9 Å². The molecule has 1 aromatic carbocycles. The number of nitrogens with two attached hydrogens (primary N) is 1. The molecule has 0 spiro atoms. The molecule has 1 fully saturated rings. The predicted octanol–water partition coefficient (Wildman–Crippen LogP) is 1.35. The molecule has 0 unspecified atom stereocenters. The summed E-state index contributed by atoms with van der Waals surface area (Å²) in [7, 11) is 0. The van der Waals surface area contributed by atoms with Gasteiger partial charge >= 0.3 is 0 Å². The molecule has 25 heavy (non-hydrogen) atoms. The number of hydrogen-bond acceptors (Lipinski definition) is 5. The molecule has 2 N–H and O–H groups in total. The van der Waals surface area contributed by atoms with E-state index in [0.29, 0.717) is 18.9 Å². The van der Waals surface area contributed by atoms with Crippen LogP contribution in [0.4, 0.5) is 4.39 Å². The molecule has 1 atom stereocenters. The minimum atomic E-state index is -0.564. The monoisotopic (exact) mass is 348 g/mol. The van der Waals surface area contributed by atoms with Gasteiger partial charge in [0.25, 0.3) is 0 Å². The van der Waals surface area contributed by atoms with Gasteiger partial charge < -0.3 is 20.3 Å². The lowest BCUT2D eigenvalue weighted by molar-refractivity contribution is -0.132. The van der Waals surface area contributed by atoms with Crippen LogP contribution in [0, 0.1) is 17.1 Å². The lowest BCUT2D eigenvalue weighted by atomic mass is 10.2. The van der Waals surface area contributed by atoms with Crippen LogP contribution in [-0.2, 0) is 4.79 Å². The number of halogens is 1. The molecule has 136 valence electrons. The van der Waals surface area contributed by atoms with Crippen molar-refractivity contribution in [3.63, 3.8) is 0 Å². The zero-order chi connectivity index (χ0) is 18.2. The quantitative estimate of drug-likeness (QED) is 0.785. The third kappa shape index (κ3) is 5.69. The first-order chi connectivity index (χ1) is 12.0. The van der Waals surface area contributed by atoms with E-state index in [2.05, 4.69) is 4.90 Å². The van der Waals surface area contributed by atoms with E-state index in [0.717, 1.165) is 39.0 Å². The van der Waals surface area contributed by atoms with Crippen molar-refractivity contribution in [3.05, 3.63) is 29.6 Å². The van der Waals surface area contributed by atoms with E-state index in [9.17, 15) is 9.18 Å². The zero-order valence-electron chi connectivity index (χ0n) is 14.6. The van der Waals surface area contributed by atoms with Crippen LogP contribution < -0.4 is 10.5 Å². The van der Waals surface area contributed by atoms with Gasteiger partial charge in [-0.3, -0.25) is 4.79 Å². The summed E-state index contributed by atoms with van der Waals surface area (Å²) in [4.78, 5) is 16.1. The number of hydrogen-bond donors (Lipinski definition) is 1. The van der Waals surface area contributed by atoms with Gasteiger partial charge in [0.2, 0.25) is 5.91 Å². The first-order valence-corrected chi connectivity index (χ1v) is 8.60. The Labute approximate surface area is 147 Å². The third-order valence-electron chi connectivity index (χ3n) is 4.24. The van der Waals surface area contributed by atoms with Crippen molar-refractivity contribution in [1.82, 2.24) is 9.80 Å². The van der Waals surface area contributed by atoms with Crippen LogP contribution in [0.15, 0.2) is 18.2 Å².